The summed E-state index contributed by atoms with van der Waals surface area (Å²) in [5.74, 6) is 0.237. The summed E-state index contributed by atoms with van der Waals surface area (Å²) in [4.78, 5) is 0.678. The molecule has 0 radical (unpaired) electrons. The fourth-order valence-corrected chi connectivity index (χ4v) is 1.13. The molecule has 0 N–H and O–H groups in total. The third-order valence-electron chi connectivity index (χ3n) is 1.68. The highest BCUT2D eigenvalue weighted by molar-refractivity contribution is 7.80. The van der Waals surface area contributed by atoms with Crippen LogP contribution in [0.25, 0.3) is 0 Å². The molecule has 0 saturated heterocycles. The number of ether oxygens (including phenoxy) is 1. The van der Waals surface area contributed by atoms with Crippen molar-refractivity contribution < 1.29 is 9.13 Å². The molecule has 0 heterocycles. The molecule has 1 rings (SSSR count). The monoisotopic (exact) mass is 200 g/mol. The number of thiol groups is 1. The van der Waals surface area contributed by atoms with Crippen molar-refractivity contribution in [3.05, 3.63) is 24.0 Å². The molecule has 0 unspecified atom stereocenters. The second kappa shape index (κ2) is 5.12. The summed E-state index contributed by atoms with van der Waals surface area (Å²) < 4.78 is 18.1. The van der Waals surface area contributed by atoms with Crippen LogP contribution >= 0.6 is 12.6 Å². The van der Waals surface area contributed by atoms with Gasteiger partial charge in [-0.3, -0.25) is 0 Å². The zero-order valence-electron chi connectivity index (χ0n) is 7.59. The highest BCUT2D eigenvalue weighted by Crippen LogP contribution is 2.23. The lowest BCUT2D eigenvalue weighted by molar-refractivity contribution is 0.301. The van der Waals surface area contributed by atoms with Crippen molar-refractivity contribution in [2.24, 2.45) is 0 Å². The van der Waals surface area contributed by atoms with Gasteiger partial charge in [-0.15, -0.1) is 12.6 Å². The normalized spacial score (nSPS) is 10.1. The van der Waals surface area contributed by atoms with Crippen LogP contribution in [-0.4, -0.2) is 6.61 Å². The highest BCUT2D eigenvalue weighted by atomic mass is 32.1. The Labute approximate surface area is 83.3 Å². The van der Waals surface area contributed by atoms with Gasteiger partial charge in [0.25, 0.3) is 0 Å². The Morgan fingerprint density at radius 3 is 2.92 bits per heavy atom. The summed E-state index contributed by atoms with van der Waals surface area (Å²) in [5.41, 5.74) is 0. The van der Waals surface area contributed by atoms with Crippen LogP contribution in [0.4, 0.5) is 4.39 Å². The zero-order valence-corrected chi connectivity index (χ0v) is 8.48. The van der Waals surface area contributed by atoms with Gasteiger partial charge in [0, 0.05) is 11.0 Å². The van der Waals surface area contributed by atoms with E-state index >= 15 is 0 Å². The van der Waals surface area contributed by atoms with Crippen molar-refractivity contribution in [1.29, 1.82) is 0 Å². The van der Waals surface area contributed by atoms with E-state index in [0.717, 1.165) is 12.8 Å². The molecule has 0 aliphatic carbocycles. The molecule has 0 atom stereocenters. The minimum absolute atomic E-state index is 0.288. The Morgan fingerprint density at radius 2 is 2.23 bits per heavy atom. The van der Waals surface area contributed by atoms with Crippen molar-refractivity contribution in [3.63, 3.8) is 0 Å². The molecule has 0 amide bonds. The highest BCUT2D eigenvalue weighted by Gasteiger charge is 2.01. The smallest absolute Gasteiger partial charge is 0.135 e. The van der Waals surface area contributed by atoms with Crippen LogP contribution in [0, 0.1) is 5.82 Å². The molecule has 0 aromatic heterocycles. The van der Waals surface area contributed by atoms with Crippen LogP contribution in [0.1, 0.15) is 19.8 Å². The predicted octanol–water partition coefficient (Wildman–Crippen LogP) is 3.29. The molecule has 1 nitrogen and oxygen atoms in total. The second-order valence-corrected chi connectivity index (χ2v) is 3.30. The molecule has 0 saturated carbocycles. The second-order valence-electron chi connectivity index (χ2n) is 2.81. The SMILES string of the molecule is CCCCOc1cc(F)ccc1S. The third-order valence-corrected chi connectivity index (χ3v) is 2.05. The molecule has 1 aromatic rings. The summed E-state index contributed by atoms with van der Waals surface area (Å²) >= 11 is 4.16. The Kier molecular flexibility index (Phi) is 4.09. The summed E-state index contributed by atoms with van der Waals surface area (Å²) in [6, 6.07) is 4.33. The van der Waals surface area contributed by atoms with Gasteiger partial charge in [-0.25, -0.2) is 4.39 Å². The molecular formula is C10H13FOS. The van der Waals surface area contributed by atoms with Crippen molar-refractivity contribution in [2.75, 3.05) is 6.61 Å². The summed E-state index contributed by atoms with van der Waals surface area (Å²) in [6.07, 6.45) is 2.04. The first-order chi connectivity index (χ1) is 6.24. The van der Waals surface area contributed by atoms with E-state index in [0.29, 0.717) is 17.3 Å². The molecule has 72 valence electrons. The minimum atomic E-state index is -0.288. The maximum atomic E-state index is 12.7. The Bertz CT molecular complexity index is 276. The van der Waals surface area contributed by atoms with E-state index < -0.39 is 0 Å². The minimum Gasteiger partial charge on any atom is -0.492 e. The molecule has 1 aromatic carbocycles. The van der Waals surface area contributed by atoms with Gasteiger partial charge in [-0.2, -0.15) is 0 Å². The van der Waals surface area contributed by atoms with Gasteiger partial charge < -0.3 is 4.74 Å². The lowest BCUT2D eigenvalue weighted by Gasteiger charge is -2.07. The van der Waals surface area contributed by atoms with Crippen LogP contribution in [0.15, 0.2) is 23.1 Å². The summed E-state index contributed by atoms with van der Waals surface area (Å²) in [5, 5.41) is 0. The quantitative estimate of drug-likeness (QED) is 0.579. The standard InChI is InChI=1S/C10H13FOS/c1-2-3-6-12-9-7-8(11)4-5-10(9)13/h4-5,7,13H,2-3,6H2,1H3. The number of unbranched alkanes of at least 4 members (excludes halogenated alkanes) is 1. The fraction of sp³-hybridized carbons (Fsp3) is 0.400. The number of halogens is 1. The van der Waals surface area contributed by atoms with E-state index in [1.807, 2.05) is 0 Å². The van der Waals surface area contributed by atoms with E-state index in [1.165, 1.54) is 12.1 Å². The Morgan fingerprint density at radius 1 is 1.46 bits per heavy atom. The number of hydrogen-bond donors (Lipinski definition) is 1. The van der Waals surface area contributed by atoms with Crippen molar-refractivity contribution in [3.8, 4) is 5.75 Å². The molecule has 3 heteroatoms. The van der Waals surface area contributed by atoms with Gasteiger partial charge in [0.2, 0.25) is 0 Å². The zero-order chi connectivity index (χ0) is 9.68. The van der Waals surface area contributed by atoms with Gasteiger partial charge >= 0.3 is 0 Å². The summed E-state index contributed by atoms with van der Waals surface area (Å²) in [6.45, 7) is 2.70. The first kappa shape index (κ1) is 10.4. The van der Waals surface area contributed by atoms with E-state index in [9.17, 15) is 4.39 Å². The Balaban J connectivity index is 2.59. The third kappa shape index (κ3) is 3.27. The number of hydrogen-bond acceptors (Lipinski definition) is 2. The van der Waals surface area contributed by atoms with E-state index in [1.54, 1.807) is 6.07 Å². The van der Waals surface area contributed by atoms with Gasteiger partial charge in [0.05, 0.1) is 6.61 Å². The predicted molar refractivity (Wildman–Crippen MR) is 54.1 cm³/mol. The van der Waals surface area contributed by atoms with Gasteiger partial charge in [-0.1, -0.05) is 13.3 Å². The van der Waals surface area contributed by atoms with Crippen LogP contribution < -0.4 is 4.74 Å². The van der Waals surface area contributed by atoms with Crippen LogP contribution in [-0.2, 0) is 0 Å². The molecule has 0 bridgehead atoms. The average molecular weight is 200 g/mol. The van der Waals surface area contributed by atoms with Crippen molar-refractivity contribution in [2.45, 2.75) is 24.7 Å². The maximum absolute atomic E-state index is 12.7. The first-order valence-electron chi connectivity index (χ1n) is 4.35. The van der Waals surface area contributed by atoms with Gasteiger partial charge in [-0.05, 0) is 18.6 Å². The maximum Gasteiger partial charge on any atom is 0.135 e. The topological polar surface area (TPSA) is 9.23 Å². The van der Waals surface area contributed by atoms with Crippen molar-refractivity contribution >= 4 is 12.6 Å². The molecule has 0 fully saturated rings. The molecule has 13 heavy (non-hydrogen) atoms. The molecule has 0 spiro atoms. The number of benzene rings is 1. The molecular weight excluding hydrogens is 187 g/mol. The van der Waals surface area contributed by atoms with Crippen LogP contribution in [0.5, 0.6) is 5.75 Å². The average Bonchev–Trinajstić information content (AvgIpc) is 2.11. The largest absolute Gasteiger partial charge is 0.492 e. The van der Waals surface area contributed by atoms with Gasteiger partial charge in [0.1, 0.15) is 11.6 Å². The molecule has 0 aliphatic rings. The first-order valence-corrected chi connectivity index (χ1v) is 4.80. The van der Waals surface area contributed by atoms with Crippen LogP contribution in [0.2, 0.25) is 0 Å². The lowest BCUT2D eigenvalue weighted by atomic mass is 10.3. The van der Waals surface area contributed by atoms with E-state index in [-0.39, 0.29) is 5.82 Å². The van der Waals surface area contributed by atoms with Gasteiger partial charge in [0.15, 0.2) is 0 Å². The fourth-order valence-electron chi connectivity index (χ4n) is 0.930. The van der Waals surface area contributed by atoms with Crippen molar-refractivity contribution in [1.82, 2.24) is 0 Å². The Hall–Kier alpha value is -0.700. The van der Waals surface area contributed by atoms with Crippen LogP contribution in [0.3, 0.4) is 0 Å². The van der Waals surface area contributed by atoms with E-state index in [2.05, 4.69) is 19.6 Å². The summed E-state index contributed by atoms with van der Waals surface area (Å²) in [7, 11) is 0. The molecule has 0 aliphatic heterocycles. The number of rotatable bonds is 4. The lowest BCUT2D eigenvalue weighted by Crippen LogP contribution is -1.97. The van der Waals surface area contributed by atoms with E-state index in [4.69, 9.17) is 4.74 Å².